The largest absolute Gasteiger partial charge is 0.418 e. The van der Waals surface area contributed by atoms with E-state index in [0.717, 1.165) is 6.07 Å². The van der Waals surface area contributed by atoms with Crippen molar-refractivity contribution in [2.45, 2.75) is 18.7 Å². The second-order valence-electron chi connectivity index (χ2n) is 4.05. The van der Waals surface area contributed by atoms with E-state index in [4.69, 9.17) is 5.11 Å². The van der Waals surface area contributed by atoms with Crippen LogP contribution in [-0.2, 0) is 6.18 Å². The van der Waals surface area contributed by atoms with Crippen LogP contribution < -0.4 is 5.32 Å². The van der Waals surface area contributed by atoms with Crippen molar-refractivity contribution in [2.75, 3.05) is 18.5 Å². The van der Waals surface area contributed by atoms with Gasteiger partial charge in [0.1, 0.15) is 5.60 Å². The summed E-state index contributed by atoms with van der Waals surface area (Å²) in [4.78, 5) is 0. The summed E-state index contributed by atoms with van der Waals surface area (Å²) in [5, 5.41) is 20.8. The number of aliphatic hydroxyl groups is 2. The van der Waals surface area contributed by atoms with Crippen LogP contribution in [0.25, 0.3) is 0 Å². The fourth-order valence-corrected chi connectivity index (χ4v) is 1.23. The van der Waals surface area contributed by atoms with Gasteiger partial charge in [0.2, 0.25) is 0 Å². The Balaban J connectivity index is 2.85. The minimum atomic E-state index is -4.45. The van der Waals surface area contributed by atoms with Crippen molar-refractivity contribution in [1.29, 1.82) is 0 Å². The van der Waals surface area contributed by atoms with Gasteiger partial charge in [-0.1, -0.05) is 12.1 Å². The Hall–Kier alpha value is -1.27. The summed E-state index contributed by atoms with van der Waals surface area (Å²) < 4.78 is 37.8. The third-order valence-electron chi connectivity index (χ3n) is 2.23. The van der Waals surface area contributed by atoms with E-state index >= 15 is 0 Å². The van der Waals surface area contributed by atoms with Gasteiger partial charge in [0.15, 0.2) is 0 Å². The Kier molecular flexibility index (Phi) is 4.00. The Morgan fingerprint density at radius 2 is 1.82 bits per heavy atom. The van der Waals surface area contributed by atoms with Crippen molar-refractivity contribution in [3.63, 3.8) is 0 Å². The van der Waals surface area contributed by atoms with Crippen LogP contribution in [0, 0.1) is 0 Å². The van der Waals surface area contributed by atoms with Crippen LogP contribution in [0.15, 0.2) is 24.3 Å². The molecule has 1 unspecified atom stereocenters. The highest BCUT2D eigenvalue weighted by atomic mass is 19.4. The molecule has 0 aliphatic rings. The monoisotopic (exact) mass is 249 g/mol. The molecule has 1 aromatic rings. The highest BCUT2D eigenvalue weighted by Gasteiger charge is 2.33. The molecule has 0 fully saturated rings. The number of hydrogen-bond acceptors (Lipinski definition) is 3. The first-order valence-electron chi connectivity index (χ1n) is 4.99. The molecule has 0 aromatic heterocycles. The quantitative estimate of drug-likeness (QED) is 0.763. The maximum atomic E-state index is 12.6. The molecule has 0 aliphatic carbocycles. The van der Waals surface area contributed by atoms with Crippen LogP contribution in [0.5, 0.6) is 0 Å². The van der Waals surface area contributed by atoms with Crippen molar-refractivity contribution >= 4 is 5.69 Å². The third-order valence-corrected chi connectivity index (χ3v) is 2.23. The lowest BCUT2D eigenvalue weighted by atomic mass is 10.1. The van der Waals surface area contributed by atoms with Gasteiger partial charge in [-0.05, 0) is 19.1 Å². The van der Waals surface area contributed by atoms with Crippen molar-refractivity contribution in [3.05, 3.63) is 29.8 Å². The molecule has 0 saturated carbocycles. The molecular formula is C11H14F3NO2. The van der Waals surface area contributed by atoms with Crippen molar-refractivity contribution in [1.82, 2.24) is 0 Å². The van der Waals surface area contributed by atoms with E-state index in [1.54, 1.807) is 0 Å². The number of nitrogens with one attached hydrogen (secondary N) is 1. The molecule has 0 bridgehead atoms. The predicted molar refractivity (Wildman–Crippen MR) is 57.6 cm³/mol. The van der Waals surface area contributed by atoms with Crippen LogP contribution in [0.2, 0.25) is 0 Å². The van der Waals surface area contributed by atoms with Crippen LogP contribution in [-0.4, -0.2) is 29.0 Å². The van der Waals surface area contributed by atoms with E-state index in [1.807, 2.05) is 0 Å². The zero-order valence-corrected chi connectivity index (χ0v) is 9.25. The zero-order chi connectivity index (χ0) is 13.1. The number of aliphatic hydroxyl groups excluding tert-OH is 1. The van der Waals surface area contributed by atoms with Crippen molar-refractivity contribution in [2.24, 2.45) is 0 Å². The van der Waals surface area contributed by atoms with E-state index in [2.05, 4.69) is 5.32 Å². The number of hydrogen-bond donors (Lipinski definition) is 3. The van der Waals surface area contributed by atoms with E-state index < -0.39 is 23.9 Å². The van der Waals surface area contributed by atoms with Crippen molar-refractivity contribution < 1.29 is 23.4 Å². The molecule has 0 radical (unpaired) electrons. The lowest BCUT2D eigenvalue weighted by Gasteiger charge is -2.22. The molecule has 3 nitrogen and oxygen atoms in total. The normalized spacial score (nSPS) is 15.4. The van der Waals surface area contributed by atoms with Gasteiger partial charge in [-0.25, -0.2) is 0 Å². The van der Waals surface area contributed by atoms with Gasteiger partial charge in [-0.3, -0.25) is 0 Å². The summed E-state index contributed by atoms with van der Waals surface area (Å²) in [5.41, 5.74) is -2.37. The number of benzene rings is 1. The molecule has 0 heterocycles. The summed E-state index contributed by atoms with van der Waals surface area (Å²) in [5.74, 6) is 0. The van der Waals surface area contributed by atoms with E-state index in [9.17, 15) is 18.3 Å². The molecule has 1 aromatic carbocycles. The van der Waals surface area contributed by atoms with Gasteiger partial charge >= 0.3 is 6.18 Å². The smallest absolute Gasteiger partial charge is 0.393 e. The Morgan fingerprint density at radius 3 is 2.35 bits per heavy atom. The summed E-state index contributed by atoms with van der Waals surface area (Å²) >= 11 is 0. The summed E-state index contributed by atoms with van der Waals surface area (Å²) in [6.07, 6.45) is -4.45. The molecule has 0 amide bonds. The van der Waals surface area contributed by atoms with E-state index in [0.29, 0.717) is 0 Å². The predicted octanol–water partition coefficient (Wildman–Crippen LogP) is 1.86. The number of alkyl halides is 3. The van der Waals surface area contributed by atoms with E-state index in [1.165, 1.54) is 25.1 Å². The topological polar surface area (TPSA) is 52.5 Å². The summed E-state index contributed by atoms with van der Waals surface area (Å²) in [7, 11) is 0. The summed E-state index contributed by atoms with van der Waals surface area (Å²) in [6, 6.07) is 4.98. The zero-order valence-electron chi connectivity index (χ0n) is 9.25. The van der Waals surface area contributed by atoms with Crippen LogP contribution in [0.3, 0.4) is 0 Å². The van der Waals surface area contributed by atoms with Crippen LogP contribution >= 0.6 is 0 Å². The summed E-state index contributed by atoms with van der Waals surface area (Å²) in [6.45, 7) is 0.626. The minimum Gasteiger partial charge on any atom is -0.393 e. The maximum absolute atomic E-state index is 12.6. The molecule has 0 saturated heterocycles. The number of anilines is 1. The molecule has 0 aliphatic heterocycles. The van der Waals surface area contributed by atoms with Crippen LogP contribution in [0.1, 0.15) is 12.5 Å². The van der Waals surface area contributed by atoms with Gasteiger partial charge in [-0.2, -0.15) is 13.2 Å². The first kappa shape index (κ1) is 13.8. The van der Waals surface area contributed by atoms with Crippen LogP contribution in [0.4, 0.5) is 18.9 Å². The highest BCUT2D eigenvalue weighted by molar-refractivity contribution is 5.52. The fourth-order valence-electron chi connectivity index (χ4n) is 1.23. The third kappa shape index (κ3) is 3.90. The molecule has 1 atom stereocenters. The number of rotatable bonds is 4. The molecule has 1 rings (SSSR count). The fraction of sp³-hybridized carbons (Fsp3) is 0.455. The molecule has 96 valence electrons. The lowest BCUT2D eigenvalue weighted by molar-refractivity contribution is -0.137. The number of halogens is 3. The standard InChI is InChI=1S/C11H14F3NO2/c1-10(17,7-16)6-15-9-5-3-2-4-8(9)11(12,13)14/h2-5,15-17H,6-7H2,1H3. The second kappa shape index (κ2) is 4.93. The molecule has 0 spiro atoms. The lowest BCUT2D eigenvalue weighted by Crippen LogP contribution is -2.37. The average Bonchev–Trinajstić information content (AvgIpc) is 2.26. The van der Waals surface area contributed by atoms with E-state index in [-0.39, 0.29) is 12.2 Å². The Labute approximate surface area is 96.9 Å². The molecule has 3 N–H and O–H groups in total. The average molecular weight is 249 g/mol. The molecular weight excluding hydrogens is 235 g/mol. The van der Waals surface area contributed by atoms with Gasteiger partial charge < -0.3 is 15.5 Å². The SMILES string of the molecule is CC(O)(CO)CNc1ccccc1C(F)(F)F. The molecule has 17 heavy (non-hydrogen) atoms. The number of para-hydroxylation sites is 1. The molecule has 6 heteroatoms. The van der Waals surface area contributed by atoms with Crippen molar-refractivity contribution in [3.8, 4) is 0 Å². The Morgan fingerprint density at radius 1 is 1.24 bits per heavy atom. The van der Waals surface area contributed by atoms with Gasteiger partial charge in [0, 0.05) is 12.2 Å². The minimum absolute atomic E-state index is 0.117. The Bertz CT molecular complexity index is 377. The maximum Gasteiger partial charge on any atom is 0.418 e. The first-order chi connectivity index (χ1) is 7.76. The first-order valence-corrected chi connectivity index (χ1v) is 4.99. The van der Waals surface area contributed by atoms with Gasteiger partial charge in [0.25, 0.3) is 0 Å². The van der Waals surface area contributed by atoms with Gasteiger partial charge in [0.05, 0.1) is 12.2 Å². The highest BCUT2D eigenvalue weighted by Crippen LogP contribution is 2.34. The second-order valence-corrected chi connectivity index (χ2v) is 4.05. The van der Waals surface area contributed by atoms with Gasteiger partial charge in [-0.15, -0.1) is 0 Å².